The van der Waals surface area contributed by atoms with Gasteiger partial charge in [-0.05, 0) is 18.2 Å². The Balaban J connectivity index is 1.92. The Hall–Kier alpha value is -1.99. The van der Waals surface area contributed by atoms with E-state index >= 15 is 0 Å². The van der Waals surface area contributed by atoms with Crippen molar-refractivity contribution in [3.63, 3.8) is 0 Å². The number of nitrogens with two attached hydrogens (primary N) is 2. The van der Waals surface area contributed by atoms with Crippen molar-refractivity contribution in [1.29, 1.82) is 0 Å². The average Bonchev–Trinajstić information content (AvgIpc) is 2.35. The Morgan fingerprint density at radius 1 is 1.25 bits per heavy atom. The first kappa shape index (κ1) is 14.4. The number of rotatable bonds is 4. The average molecular weight is 310 g/mol. The number of aromatic nitrogens is 2. The third-order valence-corrected chi connectivity index (χ3v) is 3.27. The molecule has 0 fully saturated rings. The van der Waals surface area contributed by atoms with Crippen molar-refractivity contribution in [2.24, 2.45) is 0 Å². The molecular formula is C12H12ClN5OS. The topological polar surface area (TPSA) is 107 Å². The van der Waals surface area contributed by atoms with Gasteiger partial charge in [0.05, 0.1) is 5.75 Å². The number of halogens is 1. The highest BCUT2D eigenvalue weighted by atomic mass is 35.5. The summed E-state index contributed by atoms with van der Waals surface area (Å²) >= 11 is 6.98. The molecule has 0 unspecified atom stereocenters. The summed E-state index contributed by atoms with van der Waals surface area (Å²) in [5.74, 6) is 0.502. The Morgan fingerprint density at radius 3 is 2.60 bits per heavy atom. The number of nitrogen functional groups attached to an aromatic ring is 2. The van der Waals surface area contributed by atoms with E-state index in [2.05, 4.69) is 15.3 Å². The molecule has 1 amide bonds. The lowest BCUT2D eigenvalue weighted by Crippen LogP contribution is -2.14. The first-order chi connectivity index (χ1) is 9.52. The molecule has 0 aliphatic rings. The summed E-state index contributed by atoms with van der Waals surface area (Å²) in [5, 5.41) is 3.64. The highest BCUT2D eigenvalue weighted by Gasteiger charge is 2.07. The zero-order valence-corrected chi connectivity index (χ0v) is 11.9. The number of benzene rings is 1. The fraction of sp³-hybridized carbons (Fsp3) is 0.0833. The van der Waals surface area contributed by atoms with E-state index in [-0.39, 0.29) is 23.3 Å². The largest absolute Gasteiger partial charge is 0.383 e. The van der Waals surface area contributed by atoms with Gasteiger partial charge >= 0.3 is 0 Å². The van der Waals surface area contributed by atoms with Crippen molar-refractivity contribution in [2.75, 3.05) is 22.5 Å². The van der Waals surface area contributed by atoms with Crippen LogP contribution >= 0.6 is 23.4 Å². The summed E-state index contributed by atoms with van der Waals surface area (Å²) in [7, 11) is 0. The summed E-state index contributed by atoms with van der Waals surface area (Å²) in [4.78, 5) is 19.7. The van der Waals surface area contributed by atoms with E-state index in [4.69, 9.17) is 23.1 Å². The molecule has 0 saturated carbocycles. The van der Waals surface area contributed by atoms with Crippen LogP contribution in [0, 0.1) is 0 Å². The van der Waals surface area contributed by atoms with Crippen LogP contribution in [0.25, 0.3) is 0 Å². The van der Waals surface area contributed by atoms with E-state index in [0.717, 1.165) is 11.8 Å². The Labute approximate surface area is 124 Å². The predicted octanol–water partition coefficient (Wildman–Crippen LogP) is 2.03. The normalized spacial score (nSPS) is 10.2. The number of thioether (sulfide) groups is 1. The van der Waals surface area contributed by atoms with Crippen LogP contribution in [0.15, 0.2) is 35.5 Å². The number of nitrogens with one attached hydrogen (secondary N) is 1. The highest BCUT2D eigenvalue weighted by Crippen LogP contribution is 2.18. The lowest BCUT2D eigenvalue weighted by molar-refractivity contribution is -0.113. The van der Waals surface area contributed by atoms with Crippen LogP contribution in [0.4, 0.5) is 17.3 Å². The zero-order valence-electron chi connectivity index (χ0n) is 10.3. The maximum atomic E-state index is 11.8. The van der Waals surface area contributed by atoms with Gasteiger partial charge in [-0.1, -0.05) is 29.4 Å². The summed E-state index contributed by atoms with van der Waals surface area (Å²) in [6, 6.07) is 8.36. The smallest absolute Gasteiger partial charge is 0.234 e. The van der Waals surface area contributed by atoms with E-state index in [1.807, 2.05) is 0 Å². The molecule has 1 heterocycles. The number of carbonyl (C=O) groups excluding carboxylic acids is 1. The van der Waals surface area contributed by atoms with Gasteiger partial charge in [0.25, 0.3) is 0 Å². The van der Waals surface area contributed by atoms with Crippen LogP contribution in [0.3, 0.4) is 0 Å². The van der Waals surface area contributed by atoms with Gasteiger partial charge in [0.2, 0.25) is 5.91 Å². The van der Waals surface area contributed by atoms with Crippen LogP contribution in [0.1, 0.15) is 0 Å². The van der Waals surface area contributed by atoms with Crippen LogP contribution in [-0.2, 0) is 4.79 Å². The summed E-state index contributed by atoms with van der Waals surface area (Å²) in [6.07, 6.45) is 0. The summed E-state index contributed by atoms with van der Waals surface area (Å²) in [5.41, 5.74) is 11.7. The van der Waals surface area contributed by atoms with Gasteiger partial charge in [0, 0.05) is 16.8 Å². The Morgan fingerprint density at radius 2 is 1.95 bits per heavy atom. The SMILES string of the molecule is Nc1cc(N)nc(SCC(=O)Nc2cccc(Cl)c2)n1. The first-order valence-electron chi connectivity index (χ1n) is 5.61. The molecule has 20 heavy (non-hydrogen) atoms. The van der Waals surface area contributed by atoms with Crippen molar-refractivity contribution >= 4 is 46.6 Å². The molecule has 1 aromatic heterocycles. The maximum absolute atomic E-state index is 11.8. The standard InChI is InChI=1S/C12H12ClN5OS/c13-7-2-1-3-8(4-7)16-11(19)6-20-12-17-9(14)5-10(15)18-12/h1-5H,6H2,(H,16,19)(H4,14,15,17,18). The lowest BCUT2D eigenvalue weighted by atomic mass is 10.3. The van der Waals surface area contributed by atoms with Crippen molar-refractivity contribution in [2.45, 2.75) is 5.16 Å². The molecule has 0 spiro atoms. The first-order valence-corrected chi connectivity index (χ1v) is 6.97. The van der Waals surface area contributed by atoms with E-state index < -0.39 is 0 Å². The van der Waals surface area contributed by atoms with Crippen molar-refractivity contribution < 1.29 is 4.79 Å². The van der Waals surface area contributed by atoms with Gasteiger partial charge in [-0.25, -0.2) is 9.97 Å². The van der Waals surface area contributed by atoms with Gasteiger partial charge < -0.3 is 16.8 Å². The van der Waals surface area contributed by atoms with E-state index in [1.165, 1.54) is 6.07 Å². The van der Waals surface area contributed by atoms with E-state index in [1.54, 1.807) is 24.3 Å². The highest BCUT2D eigenvalue weighted by molar-refractivity contribution is 7.99. The monoisotopic (exact) mass is 309 g/mol. The second-order valence-electron chi connectivity index (χ2n) is 3.85. The van der Waals surface area contributed by atoms with Crippen LogP contribution in [-0.4, -0.2) is 21.6 Å². The molecule has 6 nitrogen and oxygen atoms in total. The molecule has 5 N–H and O–H groups in total. The molecular weight excluding hydrogens is 298 g/mol. The molecule has 8 heteroatoms. The molecule has 0 atom stereocenters. The fourth-order valence-corrected chi connectivity index (χ4v) is 2.28. The predicted molar refractivity (Wildman–Crippen MR) is 81.7 cm³/mol. The zero-order chi connectivity index (χ0) is 14.5. The van der Waals surface area contributed by atoms with E-state index in [9.17, 15) is 4.79 Å². The van der Waals surface area contributed by atoms with Gasteiger partial charge in [-0.2, -0.15) is 0 Å². The van der Waals surface area contributed by atoms with Crippen LogP contribution in [0.5, 0.6) is 0 Å². The minimum Gasteiger partial charge on any atom is -0.383 e. The van der Waals surface area contributed by atoms with E-state index in [0.29, 0.717) is 15.9 Å². The minimum absolute atomic E-state index is 0.148. The summed E-state index contributed by atoms with van der Waals surface area (Å²) in [6.45, 7) is 0. The summed E-state index contributed by atoms with van der Waals surface area (Å²) < 4.78 is 0. The number of nitrogens with zero attached hydrogens (tertiary/aromatic N) is 2. The van der Waals surface area contributed by atoms with Crippen LogP contribution < -0.4 is 16.8 Å². The third-order valence-electron chi connectivity index (χ3n) is 2.19. The second kappa shape index (κ2) is 6.44. The van der Waals surface area contributed by atoms with Crippen LogP contribution in [0.2, 0.25) is 5.02 Å². The lowest BCUT2D eigenvalue weighted by Gasteiger charge is -2.05. The van der Waals surface area contributed by atoms with Crippen molar-refractivity contribution in [1.82, 2.24) is 9.97 Å². The molecule has 0 aliphatic carbocycles. The van der Waals surface area contributed by atoms with Gasteiger partial charge in [0.1, 0.15) is 11.6 Å². The fourth-order valence-electron chi connectivity index (χ4n) is 1.42. The quantitative estimate of drug-likeness (QED) is 0.589. The molecule has 2 rings (SSSR count). The molecule has 0 saturated heterocycles. The van der Waals surface area contributed by atoms with Crippen molar-refractivity contribution in [3.8, 4) is 0 Å². The molecule has 0 bridgehead atoms. The van der Waals surface area contributed by atoms with Crippen molar-refractivity contribution in [3.05, 3.63) is 35.4 Å². The molecule has 104 valence electrons. The molecule has 1 aromatic carbocycles. The molecule has 2 aromatic rings. The number of carbonyl (C=O) groups is 1. The number of hydrogen-bond acceptors (Lipinski definition) is 6. The van der Waals surface area contributed by atoms with Gasteiger partial charge in [-0.15, -0.1) is 0 Å². The third kappa shape index (κ3) is 4.29. The molecule has 0 radical (unpaired) electrons. The minimum atomic E-state index is -0.193. The molecule has 0 aliphatic heterocycles. The number of anilines is 3. The van der Waals surface area contributed by atoms with Gasteiger partial charge in [-0.3, -0.25) is 4.79 Å². The number of amides is 1. The number of hydrogen-bond donors (Lipinski definition) is 3. The Kier molecular flexibility index (Phi) is 4.65. The Bertz CT molecular complexity index is 617. The second-order valence-corrected chi connectivity index (χ2v) is 5.23. The van der Waals surface area contributed by atoms with Gasteiger partial charge in [0.15, 0.2) is 5.16 Å². The maximum Gasteiger partial charge on any atom is 0.234 e.